The van der Waals surface area contributed by atoms with Crippen LogP contribution in [0.2, 0.25) is 0 Å². The lowest BCUT2D eigenvalue weighted by atomic mass is 10.9. The average molecular weight is 200 g/mol. The maximum Gasteiger partial charge on any atom is 0.148 e. The van der Waals surface area contributed by atoms with E-state index in [0.717, 1.165) is 11.5 Å². The first-order valence-corrected chi connectivity index (χ1v) is 6.77. The van der Waals surface area contributed by atoms with Gasteiger partial charge in [-0.15, -0.1) is 0 Å². The zero-order valence-corrected chi connectivity index (χ0v) is 8.44. The predicted molar refractivity (Wildman–Crippen MR) is 50.9 cm³/mol. The van der Waals surface area contributed by atoms with E-state index in [2.05, 4.69) is 12.6 Å². The monoisotopic (exact) mass is 200 g/mol. The molecule has 0 fully saturated rings. The van der Waals surface area contributed by atoms with Crippen molar-refractivity contribution in [2.45, 2.75) is 0 Å². The molecule has 0 aliphatic heterocycles. The van der Waals surface area contributed by atoms with Gasteiger partial charge >= 0.3 is 0 Å². The number of thiol groups is 1. The Labute approximate surface area is 72.1 Å². The molecule has 0 N–H and O–H groups in total. The highest BCUT2D eigenvalue weighted by atomic mass is 32.2. The number of hydrogen-bond donors (Lipinski definition) is 1. The molecule has 0 amide bonds. The fourth-order valence-corrected chi connectivity index (χ4v) is 2.78. The van der Waals surface area contributed by atoms with Crippen molar-refractivity contribution in [3.8, 4) is 0 Å². The molecule has 0 saturated heterocycles. The fraction of sp³-hybridized carbons (Fsp3) is 1.00. The lowest BCUT2D eigenvalue weighted by Crippen LogP contribution is -2.05. The lowest BCUT2D eigenvalue weighted by Gasteiger charge is -1.96. The van der Waals surface area contributed by atoms with Gasteiger partial charge in [-0.25, -0.2) is 8.42 Å². The maximum atomic E-state index is 10.6. The predicted octanol–water partition coefficient (Wildman–Crippen LogP) is 0.694. The van der Waals surface area contributed by atoms with Gasteiger partial charge in [-0.3, -0.25) is 0 Å². The van der Waals surface area contributed by atoms with Crippen LogP contribution in [-0.2, 0) is 9.84 Å². The lowest BCUT2D eigenvalue weighted by molar-refractivity contribution is 0.603. The van der Waals surface area contributed by atoms with Gasteiger partial charge in [0.1, 0.15) is 9.84 Å². The molecule has 0 aliphatic rings. The highest BCUT2D eigenvalue weighted by molar-refractivity contribution is 8.01. The molecule has 62 valence electrons. The molecule has 2 nitrogen and oxygen atoms in total. The zero-order valence-electron chi connectivity index (χ0n) is 5.91. The first-order valence-electron chi connectivity index (χ1n) is 2.92. The van der Waals surface area contributed by atoms with E-state index in [1.807, 2.05) is 0 Å². The van der Waals surface area contributed by atoms with Gasteiger partial charge in [-0.1, -0.05) is 0 Å². The summed E-state index contributed by atoms with van der Waals surface area (Å²) in [5, 5.41) is 0. The second-order valence-corrected chi connectivity index (χ2v) is 5.90. The Kier molecular flexibility index (Phi) is 5.67. The van der Waals surface area contributed by atoms with E-state index < -0.39 is 9.84 Å². The quantitative estimate of drug-likeness (QED) is 0.524. The summed E-state index contributed by atoms with van der Waals surface area (Å²) >= 11 is 5.62. The zero-order chi connectivity index (χ0) is 8.04. The molecular formula is C5H12O2S3. The van der Waals surface area contributed by atoms with Gasteiger partial charge in [0.15, 0.2) is 0 Å². The van der Waals surface area contributed by atoms with Gasteiger partial charge in [0, 0.05) is 17.8 Å². The van der Waals surface area contributed by atoms with Crippen molar-refractivity contribution in [2.24, 2.45) is 0 Å². The van der Waals surface area contributed by atoms with Gasteiger partial charge in [0.05, 0.1) is 5.75 Å². The number of thioether (sulfide) groups is 1. The van der Waals surface area contributed by atoms with E-state index >= 15 is 0 Å². The number of sulfone groups is 1. The van der Waals surface area contributed by atoms with Crippen LogP contribution in [-0.4, -0.2) is 37.7 Å². The Morgan fingerprint density at radius 3 is 2.40 bits per heavy atom. The average Bonchev–Trinajstić information content (AvgIpc) is 1.78. The molecule has 0 radical (unpaired) electrons. The van der Waals surface area contributed by atoms with E-state index in [4.69, 9.17) is 0 Å². The van der Waals surface area contributed by atoms with Crippen molar-refractivity contribution in [2.75, 3.05) is 29.3 Å². The molecule has 0 unspecified atom stereocenters. The van der Waals surface area contributed by atoms with Crippen LogP contribution in [0.5, 0.6) is 0 Å². The Morgan fingerprint density at radius 1 is 1.40 bits per heavy atom. The maximum absolute atomic E-state index is 10.6. The molecule has 0 bridgehead atoms. The molecule has 0 heterocycles. The Hall–Kier alpha value is 0.650. The van der Waals surface area contributed by atoms with E-state index in [-0.39, 0.29) is 5.75 Å². The van der Waals surface area contributed by atoms with Crippen molar-refractivity contribution < 1.29 is 8.42 Å². The smallest absolute Gasteiger partial charge is 0.148 e. The fourth-order valence-electron chi connectivity index (χ4n) is 0.377. The molecule has 0 aromatic carbocycles. The third kappa shape index (κ3) is 8.65. The third-order valence-corrected chi connectivity index (χ3v) is 3.55. The SMILES string of the molecule is CS(=O)(=O)CCSCCS. The molecule has 0 spiro atoms. The summed E-state index contributed by atoms with van der Waals surface area (Å²) in [6.45, 7) is 0. The van der Waals surface area contributed by atoms with E-state index in [0.29, 0.717) is 5.75 Å². The minimum absolute atomic E-state index is 0.283. The van der Waals surface area contributed by atoms with Gasteiger partial charge in [-0.2, -0.15) is 24.4 Å². The molecule has 0 saturated carbocycles. The highest BCUT2D eigenvalue weighted by Gasteiger charge is 1.99. The second-order valence-electron chi connectivity index (χ2n) is 1.97. The largest absolute Gasteiger partial charge is 0.229 e. The summed E-state index contributed by atoms with van der Waals surface area (Å²) in [6, 6.07) is 0. The summed E-state index contributed by atoms with van der Waals surface area (Å²) in [4.78, 5) is 0. The van der Waals surface area contributed by atoms with Gasteiger partial charge in [-0.05, 0) is 5.75 Å². The molecule has 0 atom stereocenters. The molecule has 0 aromatic rings. The van der Waals surface area contributed by atoms with Crippen LogP contribution in [0.15, 0.2) is 0 Å². The van der Waals surface area contributed by atoms with Gasteiger partial charge in [0.25, 0.3) is 0 Å². The molecular weight excluding hydrogens is 188 g/mol. The second kappa shape index (κ2) is 5.32. The molecule has 5 heteroatoms. The molecule has 0 rings (SSSR count). The summed E-state index contributed by atoms with van der Waals surface area (Å²) < 4.78 is 21.1. The van der Waals surface area contributed by atoms with Gasteiger partial charge in [0.2, 0.25) is 0 Å². The molecule has 0 aliphatic carbocycles. The first kappa shape index (κ1) is 10.7. The van der Waals surface area contributed by atoms with Crippen molar-refractivity contribution in [3.05, 3.63) is 0 Å². The Morgan fingerprint density at radius 2 is 2.00 bits per heavy atom. The van der Waals surface area contributed by atoms with Crippen LogP contribution >= 0.6 is 24.4 Å². The summed E-state index contributed by atoms with van der Waals surface area (Å²) in [5.74, 6) is 2.72. The highest BCUT2D eigenvalue weighted by Crippen LogP contribution is 2.00. The van der Waals surface area contributed by atoms with Crippen LogP contribution in [0.1, 0.15) is 0 Å². The standard InChI is InChI=1S/C5H12O2S3/c1-10(6,7)5-4-9-3-2-8/h8H,2-5H2,1H3. The summed E-state index contributed by atoms with van der Waals surface area (Å²) in [7, 11) is -2.75. The van der Waals surface area contributed by atoms with Crippen LogP contribution in [0.4, 0.5) is 0 Å². The van der Waals surface area contributed by atoms with E-state index in [9.17, 15) is 8.42 Å². The van der Waals surface area contributed by atoms with Crippen LogP contribution < -0.4 is 0 Å². The summed E-state index contributed by atoms with van der Waals surface area (Å²) in [5.41, 5.74) is 0. The number of rotatable bonds is 5. The van der Waals surface area contributed by atoms with Crippen LogP contribution in [0.25, 0.3) is 0 Å². The minimum Gasteiger partial charge on any atom is -0.229 e. The van der Waals surface area contributed by atoms with Crippen molar-refractivity contribution >= 4 is 34.2 Å². The van der Waals surface area contributed by atoms with Crippen LogP contribution in [0.3, 0.4) is 0 Å². The topological polar surface area (TPSA) is 34.1 Å². The number of hydrogen-bond acceptors (Lipinski definition) is 4. The molecule has 10 heavy (non-hydrogen) atoms. The van der Waals surface area contributed by atoms with E-state index in [1.165, 1.54) is 6.26 Å². The third-order valence-electron chi connectivity index (χ3n) is 0.834. The van der Waals surface area contributed by atoms with Crippen molar-refractivity contribution in [1.82, 2.24) is 0 Å². The molecule has 0 aromatic heterocycles. The van der Waals surface area contributed by atoms with Gasteiger partial charge < -0.3 is 0 Å². The summed E-state index contributed by atoms with van der Waals surface area (Å²) in [6.07, 6.45) is 1.26. The Balaban J connectivity index is 3.21. The first-order chi connectivity index (χ1) is 4.56. The van der Waals surface area contributed by atoms with Crippen LogP contribution in [0, 0.1) is 0 Å². The Bertz CT molecular complexity index is 162. The normalized spacial score (nSPS) is 11.8. The van der Waals surface area contributed by atoms with E-state index in [1.54, 1.807) is 11.8 Å². The van der Waals surface area contributed by atoms with Crippen molar-refractivity contribution in [3.63, 3.8) is 0 Å². The minimum atomic E-state index is -2.75. The van der Waals surface area contributed by atoms with Crippen molar-refractivity contribution in [1.29, 1.82) is 0 Å².